The van der Waals surface area contributed by atoms with E-state index in [1.807, 2.05) is 42.5 Å². The largest absolute Gasteiger partial charge is 0.481 e. The molecule has 0 saturated carbocycles. The summed E-state index contributed by atoms with van der Waals surface area (Å²) in [6.07, 6.45) is 2.10. The molecule has 1 aromatic heterocycles. The van der Waals surface area contributed by atoms with E-state index in [1.54, 1.807) is 25.1 Å². The Kier molecular flexibility index (Phi) is 8.10. The number of aromatic nitrogens is 1. The third-order valence-corrected chi connectivity index (χ3v) is 6.62. The molecule has 1 unspecified atom stereocenters. The molecule has 38 heavy (non-hydrogen) atoms. The maximum Gasteiger partial charge on any atom is 0.305 e. The van der Waals surface area contributed by atoms with Crippen molar-refractivity contribution in [2.24, 2.45) is 0 Å². The van der Waals surface area contributed by atoms with E-state index in [9.17, 15) is 24.0 Å². The van der Waals surface area contributed by atoms with Crippen LogP contribution in [0.3, 0.4) is 0 Å². The van der Waals surface area contributed by atoms with E-state index in [4.69, 9.17) is 5.11 Å². The van der Waals surface area contributed by atoms with E-state index in [1.165, 1.54) is 11.1 Å². The van der Waals surface area contributed by atoms with Gasteiger partial charge in [-0.3, -0.25) is 24.2 Å². The average Bonchev–Trinajstić information content (AvgIpc) is 3.37. The van der Waals surface area contributed by atoms with E-state index in [2.05, 4.69) is 15.6 Å². The van der Waals surface area contributed by atoms with Crippen LogP contribution < -0.4 is 10.6 Å². The molecule has 2 heterocycles. The fourth-order valence-electron chi connectivity index (χ4n) is 4.83. The summed E-state index contributed by atoms with van der Waals surface area (Å²) in [6, 6.07) is 14.7. The second kappa shape index (κ2) is 11.6. The van der Waals surface area contributed by atoms with Gasteiger partial charge in [-0.2, -0.15) is 0 Å². The molecule has 1 saturated heterocycles. The second-order valence-corrected chi connectivity index (χ2v) is 9.19. The highest BCUT2D eigenvalue weighted by Gasteiger charge is 2.43. The lowest BCUT2D eigenvalue weighted by molar-refractivity contribution is -0.143. The molecule has 0 spiro atoms. The normalized spacial score (nSPS) is 18.4. The SMILES string of the molecule is C[C@H](NC(=O)c1nccc2ccccc12)C(=O)N1C(c2ccccc2)CC[C@H]1C(=O)N[C@H](C=O)CC(=O)O. The number of pyridine rings is 1. The monoisotopic (exact) mass is 516 g/mol. The summed E-state index contributed by atoms with van der Waals surface area (Å²) in [6.45, 7) is 1.54. The lowest BCUT2D eigenvalue weighted by Gasteiger charge is -2.33. The van der Waals surface area contributed by atoms with E-state index < -0.39 is 54.3 Å². The minimum Gasteiger partial charge on any atom is -0.481 e. The zero-order valence-electron chi connectivity index (χ0n) is 20.7. The maximum absolute atomic E-state index is 13.8. The number of amides is 3. The summed E-state index contributed by atoms with van der Waals surface area (Å²) in [4.78, 5) is 68.0. The molecule has 1 aliphatic heterocycles. The quantitative estimate of drug-likeness (QED) is 0.370. The van der Waals surface area contributed by atoms with Crippen molar-refractivity contribution in [3.8, 4) is 0 Å². The number of likely N-dealkylation sites (tertiary alicyclic amines) is 1. The van der Waals surface area contributed by atoms with Crippen molar-refractivity contribution >= 4 is 40.7 Å². The van der Waals surface area contributed by atoms with Crippen molar-refractivity contribution in [3.05, 3.63) is 78.1 Å². The minimum absolute atomic E-state index is 0.181. The van der Waals surface area contributed by atoms with Crippen molar-refractivity contribution in [2.75, 3.05) is 0 Å². The summed E-state index contributed by atoms with van der Waals surface area (Å²) in [5.41, 5.74) is 1.00. The van der Waals surface area contributed by atoms with Crippen LogP contribution >= 0.6 is 0 Å². The van der Waals surface area contributed by atoms with Crippen LogP contribution in [0.25, 0.3) is 10.8 Å². The Morgan fingerprint density at radius 3 is 2.45 bits per heavy atom. The van der Waals surface area contributed by atoms with Crippen LogP contribution in [0, 0.1) is 0 Å². The highest BCUT2D eigenvalue weighted by molar-refractivity contribution is 6.06. The van der Waals surface area contributed by atoms with Crippen LogP contribution in [0.5, 0.6) is 0 Å². The van der Waals surface area contributed by atoms with Crippen molar-refractivity contribution in [1.29, 1.82) is 0 Å². The average molecular weight is 517 g/mol. The molecule has 1 aliphatic rings. The van der Waals surface area contributed by atoms with Crippen molar-refractivity contribution in [3.63, 3.8) is 0 Å². The Balaban J connectivity index is 1.58. The number of carbonyl (C=O) groups is 5. The minimum atomic E-state index is -1.23. The smallest absolute Gasteiger partial charge is 0.305 e. The van der Waals surface area contributed by atoms with Gasteiger partial charge < -0.3 is 25.4 Å². The first-order valence-corrected chi connectivity index (χ1v) is 12.3. The number of carboxylic acids is 1. The number of carbonyl (C=O) groups excluding carboxylic acids is 4. The van der Waals surface area contributed by atoms with Gasteiger partial charge in [-0.15, -0.1) is 0 Å². The second-order valence-electron chi connectivity index (χ2n) is 9.19. The summed E-state index contributed by atoms with van der Waals surface area (Å²) in [7, 11) is 0. The van der Waals surface area contributed by atoms with E-state index in [0.29, 0.717) is 24.5 Å². The highest BCUT2D eigenvalue weighted by Crippen LogP contribution is 2.37. The number of hydrogen-bond acceptors (Lipinski definition) is 6. The zero-order valence-corrected chi connectivity index (χ0v) is 20.7. The number of aliphatic carboxylic acids is 1. The molecule has 0 bridgehead atoms. The highest BCUT2D eigenvalue weighted by atomic mass is 16.4. The molecule has 0 aliphatic carbocycles. The molecule has 3 N–H and O–H groups in total. The number of hydrogen-bond donors (Lipinski definition) is 3. The van der Waals surface area contributed by atoms with Crippen molar-refractivity contribution in [2.45, 2.75) is 50.4 Å². The first kappa shape index (κ1) is 26.5. The van der Waals surface area contributed by atoms with Crippen LogP contribution in [0.1, 0.15) is 48.3 Å². The lowest BCUT2D eigenvalue weighted by Crippen LogP contribution is -2.54. The summed E-state index contributed by atoms with van der Waals surface area (Å²) in [5.74, 6) is -2.86. The molecule has 4 atom stereocenters. The standard InChI is InChI=1S/C28H28N4O6/c1-17(30-27(37)25-21-10-6-5-7-18(21)13-14-29-25)28(38)32-22(19-8-3-2-4-9-19)11-12-23(32)26(36)31-20(16-33)15-24(34)35/h2-10,13-14,16-17,20,22-23H,11-12,15H2,1H3,(H,30,37)(H,31,36)(H,34,35)/t17-,20-,22?,23-/m0/s1. The Labute approximate surface area is 219 Å². The summed E-state index contributed by atoms with van der Waals surface area (Å²) in [5, 5.41) is 15.7. The Morgan fingerprint density at radius 2 is 1.74 bits per heavy atom. The van der Waals surface area contributed by atoms with Crippen LogP contribution in [0.2, 0.25) is 0 Å². The fourth-order valence-corrected chi connectivity index (χ4v) is 4.83. The van der Waals surface area contributed by atoms with Gasteiger partial charge in [-0.1, -0.05) is 54.6 Å². The van der Waals surface area contributed by atoms with Crippen LogP contribution in [-0.4, -0.2) is 63.1 Å². The van der Waals surface area contributed by atoms with Gasteiger partial charge in [0.15, 0.2) is 0 Å². The van der Waals surface area contributed by atoms with Crippen LogP contribution in [-0.2, 0) is 19.2 Å². The molecule has 0 radical (unpaired) electrons. The molecule has 1 fully saturated rings. The number of aldehydes is 1. The molecule has 10 nitrogen and oxygen atoms in total. The summed E-state index contributed by atoms with van der Waals surface area (Å²) >= 11 is 0. The Hall–Kier alpha value is -4.60. The number of benzene rings is 2. The number of carboxylic acid groups (broad SMARTS) is 1. The van der Waals surface area contributed by atoms with Gasteiger partial charge in [0.25, 0.3) is 5.91 Å². The molecular formula is C28H28N4O6. The Bertz CT molecular complexity index is 1360. The van der Waals surface area contributed by atoms with E-state index in [0.717, 1.165) is 10.9 Å². The van der Waals surface area contributed by atoms with Gasteiger partial charge in [0, 0.05) is 11.6 Å². The predicted octanol–water partition coefficient (Wildman–Crippen LogP) is 2.24. The number of rotatable bonds is 9. The topological polar surface area (TPSA) is 146 Å². The maximum atomic E-state index is 13.8. The molecule has 3 amide bonds. The number of nitrogens with zero attached hydrogens (tertiary/aromatic N) is 2. The molecule has 2 aromatic carbocycles. The predicted molar refractivity (Wildman–Crippen MR) is 138 cm³/mol. The summed E-state index contributed by atoms with van der Waals surface area (Å²) < 4.78 is 0. The zero-order chi connectivity index (χ0) is 27.2. The van der Waals surface area contributed by atoms with Gasteiger partial charge in [0.1, 0.15) is 24.1 Å². The first-order chi connectivity index (χ1) is 18.3. The van der Waals surface area contributed by atoms with Crippen molar-refractivity contribution in [1.82, 2.24) is 20.5 Å². The van der Waals surface area contributed by atoms with Gasteiger partial charge >= 0.3 is 5.97 Å². The van der Waals surface area contributed by atoms with Gasteiger partial charge in [0.2, 0.25) is 11.8 Å². The van der Waals surface area contributed by atoms with Crippen molar-refractivity contribution < 1.29 is 29.1 Å². The van der Waals surface area contributed by atoms with Crippen LogP contribution in [0.4, 0.5) is 0 Å². The fraction of sp³-hybridized carbons (Fsp3) is 0.286. The molecule has 3 aromatic rings. The Morgan fingerprint density at radius 1 is 1.03 bits per heavy atom. The van der Waals surface area contributed by atoms with E-state index >= 15 is 0 Å². The third-order valence-electron chi connectivity index (χ3n) is 6.62. The number of nitrogens with one attached hydrogen (secondary N) is 2. The van der Waals surface area contributed by atoms with Gasteiger partial charge in [0.05, 0.1) is 18.5 Å². The first-order valence-electron chi connectivity index (χ1n) is 12.3. The van der Waals surface area contributed by atoms with Gasteiger partial charge in [-0.05, 0) is 36.8 Å². The van der Waals surface area contributed by atoms with Gasteiger partial charge in [-0.25, -0.2) is 0 Å². The van der Waals surface area contributed by atoms with Crippen LogP contribution in [0.15, 0.2) is 66.9 Å². The molecular weight excluding hydrogens is 488 g/mol. The van der Waals surface area contributed by atoms with E-state index in [-0.39, 0.29) is 5.69 Å². The molecule has 196 valence electrons. The molecule has 10 heteroatoms. The third kappa shape index (κ3) is 5.69. The lowest BCUT2D eigenvalue weighted by atomic mass is 10.0. The number of fused-ring (bicyclic) bond motifs is 1. The molecule has 4 rings (SSSR count).